The zero-order valence-corrected chi connectivity index (χ0v) is 26.8. The fourth-order valence-corrected chi connectivity index (χ4v) is 6.33. The molecule has 0 saturated heterocycles. The van der Waals surface area contributed by atoms with Gasteiger partial charge in [0.2, 0.25) is 11.8 Å². The van der Waals surface area contributed by atoms with E-state index in [4.69, 9.17) is 4.74 Å². The van der Waals surface area contributed by atoms with Crippen molar-refractivity contribution in [2.75, 3.05) is 17.5 Å². The molecule has 4 aromatic carbocycles. The lowest BCUT2D eigenvalue weighted by atomic mass is 10.0. The topological polar surface area (TPSA) is 96.0 Å². The predicted molar refractivity (Wildman–Crippen MR) is 177 cm³/mol. The number of carbonyl (C=O) groups is 2. The first-order valence-corrected chi connectivity index (χ1v) is 16.6. The van der Waals surface area contributed by atoms with Gasteiger partial charge in [-0.3, -0.25) is 13.9 Å². The average molecular weight is 628 g/mol. The summed E-state index contributed by atoms with van der Waals surface area (Å²) in [5.74, 6) is -0.219. The Kier molecular flexibility index (Phi) is 11.8. The molecule has 0 radical (unpaired) electrons. The third-order valence-corrected chi connectivity index (χ3v) is 9.30. The summed E-state index contributed by atoms with van der Waals surface area (Å²) in [4.78, 5) is 29.9. The summed E-state index contributed by atoms with van der Waals surface area (Å²) in [5.41, 5.74) is 2.01. The van der Waals surface area contributed by atoms with Crippen LogP contribution < -0.4 is 14.4 Å². The Bertz CT molecular complexity index is 1620. The second-order valence-electron chi connectivity index (χ2n) is 10.8. The van der Waals surface area contributed by atoms with Crippen molar-refractivity contribution in [3.8, 4) is 5.75 Å². The van der Waals surface area contributed by atoms with E-state index < -0.39 is 28.5 Å². The standard InChI is InChI=1S/C36H41N3O5S/c1-4-28(3)37-36(41)34(25-29-15-9-6-10-16-29)38(26-30-17-11-7-12-18-30)35(40)27-39(31-21-23-32(24-22-31)44-5-2)45(42,43)33-19-13-8-14-20-33/h6-24,28,34H,4-5,25-27H2,1-3H3,(H,37,41)/t28-,34+/m1/s1. The van der Waals surface area contributed by atoms with Crippen LogP contribution in [0.3, 0.4) is 0 Å². The zero-order valence-electron chi connectivity index (χ0n) is 26.0. The molecule has 45 heavy (non-hydrogen) atoms. The van der Waals surface area contributed by atoms with Gasteiger partial charge in [-0.2, -0.15) is 0 Å². The summed E-state index contributed by atoms with van der Waals surface area (Å²) in [6.07, 6.45) is 0.980. The third kappa shape index (κ3) is 8.95. The van der Waals surface area contributed by atoms with E-state index >= 15 is 0 Å². The smallest absolute Gasteiger partial charge is 0.264 e. The lowest BCUT2D eigenvalue weighted by Gasteiger charge is -2.34. The molecule has 1 N–H and O–H groups in total. The fraction of sp³-hybridized carbons (Fsp3) is 0.278. The quantitative estimate of drug-likeness (QED) is 0.179. The first-order chi connectivity index (χ1) is 21.7. The van der Waals surface area contributed by atoms with Crippen LogP contribution in [-0.2, 0) is 32.6 Å². The molecule has 0 spiro atoms. The molecule has 0 aliphatic heterocycles. The first-order valence-electron chi connectivity index (χ1n) is 15.2. The molecule has 4 rings (SSSR count). The van der Waals surface area contributed by atoms with Crippen LogP contribution in [-0.4, -0.2) is 50.4 Å². The van der Waals surface area contributed by atoms with Crippen molar-refractivity contribution in [3.05, 3.63) is 126 Å². The number of nitrogens with zero attached hydrogens (tertiary/aromatic N) is 2. The molecular weight excluding hydrogens is 586 g/mol. The molecule has 0 saturated carbocycles. The van der Waals surface area contributed by atoms with Crippen LogP contribution in [0.4, 0.5) is 5.69 Å². The molecule has 4 aromatic rings. The molecule has 236 valence electrons. The maximum atomic E-state index is 14.5. The highest BCUT2D eigenvalue weighted by atomic mass is 32.2. The number of amides is 2. The number of sulfonamides is 1. The largest absolute Gasteiger partial charge is 0.494 e. The van der Waals surface area contributed by atoms with Gasteiger partial charge in [0, 0.05) is 19.0 Å². The van der Waals surface area contributed by atoms with Crippen LogP contribution in [0.2, 0.25) is 0 Å². The van der Waals surface area contributed by atoms with E-state index in [0.717, 1.165) is 21.9 Å². The van der Waals surface area contributed by atoms with Crippen LogP contribution in [0.1, 0.15) is 38.3 Å². The van der Waals surface area contributed by atoms with Gasteiger partial charge >= 0.3 is 0 Å². The number of benzene rings is 4. The molecule has 2 atom stereocenters. The van der Waals surface area contributed by atoms with Crippen LogP contribution in [0.15, 0.2) is 120 Å². The molecule has 8 nitrogen and oxygen atoms in total. The van der Waals surface area contributed by atoms with Gasteiger partial charge in [-0.25, -0.2) is 8.42 Å². The van der Waals surface area contributed by atoms with Gasteiger partial charge in [-0.05, 0) is 67.8 Å². The monoisotopic (exact) mass is 627 g/mol. The number of carbonyl (C=O) groups excluding carboxylic acids is 2. The average Bonchev–Trinajstić information content (AvgIpc) is 3.07. The Morgan fingerprint density at radius 2 is 1.33 bits per heavy atom. The molecule has 0 unspecified atom stereocenters. The maximum Gasteiger partial charge on any atom is 0.264 e. The Morgan fingerprint density at radius 3 is 1.89 bits per heavy atom. The number of anilines is 1. The molecule has 0 heterocycles. The highest BCUT2D eigenvalue weighted by molar-refractivity contribution is 7.92. The molecule has 0 bridgehead atoms. The summed E-state index contributed by atoms with van der Waals surface area (Å²) in [7, 11) is -4.16. The van der Waals surface area contributed by atoms with Crippen molar-refractivity contribution in [2.24, 2.45) is 0 Å². The summed E-state index contributed by atoms with van der Waals surface area (Å²) in [6.45, 7) is 5.82. The van der Waals surface area contributed by atoms with E-state index in [1.807, 2.05) is 81.4 Å². The Balaban J connectivity index is 1.78. The predicted octanol–water partition coefficient (Wildman–Crippen LogP) is 5.84. The van der Waals surface area contributed by atoms with Gasteiger partial charge in [0.1, 0.15) is 18.3 Å². The maximum absolute atomic E-state index is 14.5. The molecular formula is C36H41N3O5S. The van der Waals surface area contributed by atoms with E-state index in [0.29, 0.717) is 18.0 Å². The van der Waals surface area contributed by atoms with Gasteiger partial charge in [0.15, 0.2) is 0 Å². The van der Waals surface area contributed by atoms with Crippen molar-refractivity contribution < 1.29 is 22.7 Å². The highest BCUT2D eigenvalue weighted by Gasteiger charge is 2.35. The van der Waals surface area contributed by atoms with Crippen molar-refractivity contribution in [3.63, 3.8) is 0 Å². The Hall–Kier alpha value is -4.63. The number of hydrogen-bond donors (Lipinski definition) is 1. The lowest BCUT2D eigenvalue weighted by Crippen LogP contribution is -2.54. The van der Waals surface area contributed by atoms with Gasteiger partial charge in [-0.1, -0.05) is 85.8 Å². The zero-order chi connectivity index (χ0) is 32.2. The van der Waals surface area contributed by atoms with Crippen molar-refractivity contribution >= 4 is 27.5 Å². The third-order valence-electron chi connectivity index (χ3n) is 7.51. The Morgan fingerprint density at radius 1 is 0.778 bits per heavy atom. The van der Waals surface area contributed by atoms with E-state index in [1.54, 1.807) is 42.5 Å². The normalized spacial score (nSPS) is 12.5. The lowest BCUT2D eigenvalue weighted by molar-refractivity contribution is -0.140. The van der Waals surface area contributed by atoms with Crippen LogP contribution >= 0.6 is 0 Å². The molecule has 0 aromatic heterocycles. The van der Waals surface area contributed by atoms with Crippen molar-refractivity contribution in [1.82, 2.24) is 10.2 Å². The SMILES string of the molecule is CCOc1ccc(N(CC(=O)N(Cc2ccccc2)[C@@H](Cc2ccccc2)C(=O)N[C@H](C)CC)S(=O)(=O)c2ccccc2)cc1. The van der Waals surface area contributed by atoms with E-state index in [1.165, 1.54) is 17.0 Å². The molecule has 0 aliphatic carbocycles. The summed E-state index contributed by atoms with van der Waals surface area (Å²) < 4.78 is 34.8. The number of rotatable bonds is 15. The van der Waals surface area contributed by atoms with E-state index in [-0.39, 0.29) is 29.8 Å². The second-order valence-corrected chi connectivity index (χ2v) is 12.6. The second kappa shape index (κ2) is 15.9. The van der Waals surface area contributed by atoms with Crippen molar-refractivity contribution in [1.29, 1.82) is 0 Å². The van der Waals surface area contributed by atoms with Gasteiger partial charge in [0.05, 0.1) is 17.2 Å². The van der Waals surface area contributed by atoms with Crippen molar-refractivity contribution in [2.45, 2.75) is 57.1 Å². The van der Waals surface area contributed by atoms with Gasteiger partial charge in [0.25, 0.3) is 10.0 Å². The molecule has 9 heteroatoms. The molecule has 0 fully saturated rings. The minimum atomic E-state index is -4.16. The van der Waals surface area contributed by atoms with Crippen LogP contribution in [0, 0.1) is 0 Å². The van der Waals surface area contributed by atoms with E-state index in [9.17, 15) is 18.0 Å². The number of ether oxygens (including phenoxy) is 1. The van der Waals surface area contributed by atoms with Crippen LogP contribution in [0.5, 0.6) is 5.75 Å². The summed E-state index contributed by atoms with van der Waals surface area (Å²) >= 11 is 0. The molecule has 0 aliphatic rings. The van der Waals surface area contributed by atoms with Gasteiger partial charge in [-0.15, -0.1) is 0 Å². The minimum Gasteiger partial charge on any atom is -0.494 e. The van der Waals surface area contributed by atoms with Crippen LogP contribution in [0.25, 0.3) is 0 Å². The fourth-order valence-electron chi connectivity index (χ4n) is 4.90. The Labute approximate surface area is 266 Å². The number of hydrogen-bond acceptors (Lipinski definition) is 5. The first kappa shape index (κ1) is 33.3. The highest BCUT2D eigenvalue weighted by Crippen LogP contribution is 2.27. The molecule has 2 amide bonds. The minimum absolute atomic E-state index is 0.0524. The van der Waals surface area contributed by atoms with E-state index in [2.05, 4.69) is 5.32 Å². The van der Waals surface area contributed by atoms with Gasteiger partial charge < -0.3 is 15.0 Å². The number of nitrogens with one attached hydrogen (secondary N) is 1. The summed E-state index contributed by atoms with van der Waals surface area (Å²) in [6, 6.07) is 32.5. The summed E-state index contributed by atoms with van der Waals surface area (Å²) in [5, 5.41) is 3.05.